The summed E-state index contributed by atoms with van der Waals surface area (Å²) in [5.41, 5.74) is 5.65. The van der Waals surface area contributed by atoms with Gasteiger partial charge in [0, 0.05) is 12.8 Å². The fourth-order valence-electron chi connectivity index (χ4n) is 1.28. The molecule has 5 heteroatoms. The van der Waals surface area contributed by atoms with Gasteiger partial charge in [-0.05, 0) is 44.5 Å². The van der Waals surface area contributed by atoms with Crippen LogP contribution in [0.5, 0.6) is 0 Å². The average molecular weight is 257 g/mol. The first kappa shape index (κ1) is 14.0. The first-order valence-corrected chi connectivity index (χ1v) is 7.05. The SMILES string of the molecule is COC(C)(C)CCS(=O)(=O)c1ccc(N)cc1. The number of hydrogen-bond acceptors (Lipinski definition) is 4. The minimum absolute atomic E-state index is 0.0672. The van der Waals surface area contributed by atoms with Crippen molar-refractivity contribution in [3.63, 3.8) is 0 Å². The van der Waals surface area contributed by atoms with E-state index in [4.69, 9.17) is 10.5 Å². The van der Waals surface area contributed by atoms with Crippen molar-refractivity contribution in [2.45, 2.75) is 30.8 Å². The maximum Gasteiger partial charge on any atom is 0.178 e. The monoisotopic (exact) mass is 257 g/mol. The first-order valence-electron chi connectivity index (χ1n) is 5.40. The molecule has 2 N–H and O–H groups in total. The van der Waals surface area contributed by atoms with Gasteiger partial charge in [0.2, 0.25) is 0 Å². The molecular formula is C12H19NO3S. The van der Waals surface area contributed by atoms with Gasteiger partial charge in [0.25, 0.3) is 0 Å². The van der Waals surface area contributed by atoms with E-state index in [1.54, 1.807) is 19.2 Å². The Balaban J connectivity index is 2.79. The molecule has 0 aromatic heterocycles. The second kappa shape index (κ2) is 5.06. The molecule has 0 aliphatic carbocycles. The zero-order valence-electron chi connectivity index (χ0n) is 10.4. The summed E-state index contributed by atoms with van der Waals surface area (Å²) in [4.78, 5) is 0.304. The highest BCUT2D eigenvalue weighted by Crippen LogP contribution is 2.19. The molecule has 0 saturated carbocycles. The molecule has 0 fully saturated rings. The van der Waals surface area contributed by atoms with Gasteiger partial charge in [-0.2, -0.15) is 0 Å². The van der Waals surface area contributed by atoms with Crippen LogP contribution in [0, 0.1) is 0 Å². The van der Waals surface area contributed by atoms with Gasteiger partial charge in [-0.3, -0.25) is 0 Å². The van der Waals surface area contributed by atoms with Gasteiger partial charge in [-0.25, -0.2) is 8.42 Å². The van der Waals surface area contributed by atoms with E-state index in [1.165, 1.54) is 12.1 Å². The predicted molar refractivity (Wildman–Crippen MR) is 68.6 cm³/mol. The van der Waals surface area contributed by atoms with Gasteiger partial charge in [0.15, 0.2) is 9.84 Å². The summed E-state index contributed by atoms with van der Waals surface area (Å²) < 4.78 is 29.2. The third kappa shape index (κ3) is 4.02. The number of sulfone groups is 1. The Morgan fingerprint density at radius 2 is 1.76 bits per heavy atom. The van der Waals surface area contributed by atoms with Crippen molar-refractivity contribution in [1.29, 1.82) is 0 Å². The second-order valence-electron chi connectivity index (χ2n) is 4.60. The molecular weight excluding hydrogens is 238 g/mol. The van der Waals surface area contributed by atoms with Crippen LogP contribution in [0.25, 0.3) is 0 Å². The van der Waals surface area contributed by atoms with Gasteiger partial charge in [0.1, 0.15) is 0 Å². The van der Waals surface area contributed by atoms with Crippen molar-refractivity contribution in [2.24, 2.45) is 0 Å². The van der Waals surface area contributed by atoms with Crippen LogP contribution in [0.1, 0.15) is 20.3 Å². The topological polar surface area (TPSA) is 69.4 Å². The van der Waals surface area contributed by atoms with Gasteiger partial charge in [-0.15, -0.1) is 0 Å². The first-order chi connectivity index (χ1) is 7.77. The van der Waals surface area contributed by atoms with Crippen LogP contribution in [0.2, 0.25) is 0 Å². The molecule has 0 spiro atoms. The molecule has 1 aromatic carbocycles. The van der Waals surface area contributed by atoms with Crippen molar-refractivity contribution < 1.29 is 13.2 Å². The molecule has 0 aliphatic heterocycles. The fourth-order valence-corrected chi connectivity index (χ4v) is 2.82. The highest BCUT2D eigenvalue weighted by Gasteiger charge is 2.22. The second-order valence-corrected chi connectivity index (χ2v) is 6.71. The van der Waals surface area contributed by atoms with Crippen LogP contribution in [-0.4, -0.2) is 26.9 Å². The lowest BCUT2D eigenvalue weighted by Gasteiger charge is -2.22. The number of hydrogen-bond donors (Lipinski definition) is 1. The van der Waals surface area contributed by atoms with Crippen LogP contribution in [0.4, 0.5) is 5.69 Å². The van der Waals surface area contributed by atoms with Crippen molar-refractivity contribution >= 4 is 15.5 Å². The number of nitrogens with two attached hydrogens (primary N) is 1. The number of benzene rings is 1. The van der Waals surface area contributed by atoms with Gasteiger partial charge in [-0.1, -0.05) is 0 Å². The van der Waals surface area contributed by atoms with E-state index in [2.05, 4.69) is 0 Å². The molecule has 0 unspecified atom stereocenters. The Bertz CT molecular complexity index is 463. The van der Waals surface area contributed by atoms with Crippen LogP contribution >= 0.6 is 0 Å². The molecule has 0 heterocycles. The Labute approximate surface area is 103 Å². The smallest absolute Gasteiger partial charge is 0.178 e. The van der Waals surface area contributed by atoms with E-state index in [0.717, 1.165) is 0 Å². The maximum absolute atomic E-state index is 12.0. The lowest BCUT2D eigenvalue weighted by molar-refractivity contribution is 0.0203. The summed E-state index contributed by atoms with van der Waals surface area (Å²) in [6, 6.07) is 6.25. The third-order valence-corrected chi connectivity index (χ3v) is 4.50. The Hall–Kier alpha value is -1.07. The third-order valence-electron chi connectivity index (χ3n) is 2.76. The van der Waals surface area contributed by atoms with E-state index in [9.17, 15) is 8.42 Å². The molecule has 1 aromatic rings. The van der Waals surface area contributed by atoms with Crippen LogP contribution < -0.4 is 5.73 Å². The Morgan fingerprint density at radius 3 is 2.24 bits per heavy atom. The number of methoxy groups -OCH3 is 1. The van der Waals surface area contributed by atoms with Crippen LogP contribution in [0.15, 0.2) is 29.2 Å². The summed E-state index contributed by atoms with van der Waals surface area (Å²) in [7, 11) is -1.68. The molecule has 0 amide bonds. The molecule has 17 heavy (non-hydrogen) atoms. The zero-order chi connectivity index (χ0) is 13.1. The zero-order valence-corrected chi connectivity index (χ0v) is 11.3. The minimum atomic E-state index is -3.26. The molecule has 1 rings (SSSR count). The van der Waals surface area contributed by atoms with Crippen LogP contribution in [0.3, 0.4) is 0 Å². The highest BCUT2D eigenvalue weighted by atomic mass is 32.2. The molecule has 0 bridgehead atoms. The molecule has 96 valence electrons. The standard InChI is InChI=1S/C12H19NO3S/c1-12(2,16-3)8-9-17(14,15)11-6-4-10(13)5-7-11/h4-7H,8-9,13H2,1-3H3. The molecule has 0 atom stereocenters. The van der Waals surface area contributed by atoms with E-state index in [1.807, 2.05) is 13.8 Å². The van der Waals surface area contributed by atoms with Gasteiger partial charge in [0.05, 0.1) is 16.2 Å². The molecule has 0 saturated heterocycles. The van der Waals surface area contributed by atoms with Gasteiger partial charge >= 0.3 is 0 Å². The van der Waals surface area contributed by atoms with E-state index >= 15 is 0 Å². The van der Waals surface area contributed by atoms with Crippen molar-refractivity contribution in [3.8, 4) is 0 Å². The van der Waals surface area contributed by atoms with E-state index < -0.39 is 15.4 Å². The molecule has 0 radical (unpaired) electrons. The Kier molecular flexibility index (Phi) is 4.16. The summed E-state index contributed by atoms with van der Waals surface area (Å²) in [6.45, 7) is 3.73. The number of nitrogen functional groups attached to an aromatic ring is 1. The number of anilines is 1. The van der Waals surface area contributed by atoms with E-state index in [-0.39, 0.29) is 5.75 Å². The summed E-state index contributed by atoms with van der Waals surface area (Å²) in [6.07, 6.45) is 0.455. The quantitative estimate of drug-likeness (QED) is 0.817. The maximum atomic E-state index is 12.0. The van der Waals surface area contributed by atoms with Crippen molar-refractivity contribution in [2.75, 3.05) is 18.6 Å². The Morgan fingerprint density at radius 1 is 1.24 bits per heavy atom. The van der Waals surface area contributed by atoms with Crippen molar-refractivity contribution in [1.82, 2.24) is 0 Å². The molecule has 4 nitrogen and oxygen atoms in total. The largest absolute Gasteiger partial charge is 0.399 e. The molecule has 0 aliphatic rings. The highest BCUT2D eigenvalue weighted by molar-refractivity contribution is 7.91. The lowest BCUT2D eigenvalue weighted by atomic mass is 10.1. The van der Waals surface area contributed by atoms with Crippen LogP contribution in [-0.2, 0) is 14.6 Å². The van der Waals surface area contributed by atoms with E-state index in [0.29, 0.717) is 17.0 Å². The average Bonchev–Trinajstić information content (AvgIpc) is 2.27. The lowest BCUT2D eigenvalue weighted by Crippen LogP contribution is -2.26. The summed E-state index contributed by atoms with van der Waals surface area (Å²) in [5.74, 6) is 0.0672. The number of rotatable bonds is 5. The minimum Gasteiger partial charge on any atom is -0.399 e. The summed E-state index contributed by atoms with van der Waals surface area (Å²) in [5, 5.41) is 0. The van der Waals surface area contributed by atoms with Gasteiger partial charge < -0.3 is 10.5 Å². The normalized spacial score (nSPS) is 12.6. The summed E-state index contributed by atoms with van der Waals surface area (Å²) >= 11 is 0. The predicted octanol–water partition coefficient (Wildman–Crippen LogP) is 1.86. The fraction of sp³-hybridized carbons (Fsp3) is 0.500. The van der Waals surface area contributed by atoms with Crippen molar-refractivity contribution in [3.05, 3.63) is 24.3 Å². The number of ether oxygens (including phenoxy) is 1.